The van der Waals surface area contributed by atoms with E-state index in [-0.39, 0.29) is 11.7 Å². The lowest BCUT2D eigenvalue weighted by Gasteiger charge is -2.14. The fourth-order valence-electron chi connectivity index (χ4n) is 0.666. The zero-order chi connectivity index (χ0) is 10.3. The van der Waals surface area contributed by atoms with E-state index >= 15 is 0 Å². The van der Waals surface area contributed by atoms with Crippen molar-refractivity contribution in [3.8, 4) is 0 Å². The van der Waals surface area contributed by atoms with E-state index < -0.39 is 0 Å². The van der Waals surface area contributed by atoms with Crippen molar-refractivity contribution < 1.29 is 19.4 Å². The Morgan fingerprint density at radius 3 is 2.23 bits per heavy atom. The van der Waals surface area contributed by atoms with Crippen LogP contribution in [-0.2, 0) is 14.3 Å². The average Bonchev–Trinajstić information content (AvgIpc) is 2.38. The summed E-state index contributed by atoms with van der Waals surface area (Å²) in [6.45, 7) is 7.20. The Morgan fingerprint density at radius 2 is 2.15 bits per heavy atom. The number of carbonyl (C=O) groups is 1. The SMILES string of the molecule is CC(C)(C)OC=O.OC1CCOC1. The topological polar surface area (TPSA) is 55.8 Å². The Bertz CT molecular complexity index is 133. The fraction of sp³-hybridized carbons (Fsp3) is 0.889. The van der Waals surface area contributed by atoms with Crippen LogP contribution < -0.4 is 0 Å². The monoisotopic (exact) mass is 190 g/mol. The molecular weight excluding hydrogens is 172 g/mol. The third kappa shape index (κ3) is 9.30. The second-order valence-electron chi connectivity index (χ2n) is 3.84. The number of aliphatic hydroxyl groups is 1. The molecule has 0 bridgehead atoms. The van der Waals surface area contributed by atoms with Crippen molar-refractivity contribution in [2.75, 3.05) is 13.2 Å². The van der Waals surface area contributed by atoms with Gasteiger partial charge >= 0.3 is 0 Å². The van der Waals surface area contributed by atoms with Crippen LogP contribution in [-0.4, -0.2) is 36.5 Å². The molecule has 0 amide bonds. The molecule has 1 N–H and O–H groups in total. The summed E-state index contributed by atoms with van der Waals surface area (Å²) in [7, 11) is 0. The van der Waals surface area contributed by atoms with Crippen molar-refractivity contribution in [3.05, 3.63) is 0 Å². The van der Waals surface area contributed by atoms with Gasteiger partial charge in [0.2, 0.25) is 0 Å². The zero-order valence-corrected chi connectivity index (χ0v) is 8.45. The predicted octanol–water partition coefficient (Wildman–Crippen LogP) is 0.726. The van der Waals surface area contributed by atoms with Crippen LogP contribution in [0.1, 0.15) is 27.2 Å². The molecule has 1 rings (SSSR count). The summed E-state index contributed by atoms with van der Waals surface area (Å²) in [5, 5.41) is 8.60. The lowest BCUT2D eigenvalue weighted by Crippen LogP contribution is -2.17. The van der Waals surface area contributed by atoms with Gasteiger partial charge in [-0.3, -0.25) is 4.79 Å². The van der Waals surface area contributed by atoms with Gasteiger partial charge in [-0.15, -0.1) is 0 Å². The van der Waals surface area contributed by atoms with E-state index in [0.717, 1.165) is 13.0 Å². The summed E-state index contributed by atoms with van der Waals surface area (Å²) in [5.74, 6) is 0. The van der Waals surface area contributed by atoms with Crippen molar-refractivity contribution in [1.29, 1.82) is 0 Å². The molecule has 1 heterocycles. The van der Waals surface area contributed by atoms with Gasteiger partial charge in [0.1, 0.15) is 5.60 Å². The number of ether oxygens (including phenoxy) is 2. The maximum atomic E-state index is 9.60. The Labute approximate surface area is 78.8 Å². The molecule has 1 aliphatic heterocycles. The first-order valence-electron chi connectivity index (χ1n) is 4.33. The molecule has 0 saturated carbocycles. The van der Waals surface area contributed by atoms with Gasteiger partial charge in [-0.2, -0.15) is 0 Å². The van der Waals surface area contributed by atoms with Crippen LogP contribution in [0, 0.1) is 0 Å². The van der Waals surface area contributed by atoms with E-state index in [1.807, 2.05) is 20.8 Å². The van der Waals surface area contributed by atoms with Gasteiger partial charge in [0.05, 0.1) is 12.7 Å². The molecule has 13 heavy (non-hydrogen) atoms. The Balaban J connectivity index is 0.000000223. The van der Waals surface area contributed by atoms with Crippen molar-refractivity contribution in [3.63, 3.8) is 0 Å². The second-order valence-corrected chi connectivity index (χ2v) is 3.84. The highest BCUT2D eigenvalue weighted by Crippen LogP contribution is 2.02. The summed E-state index contributed by atoms with van der Waals surface area (Å²) in [6.07, 6.45) is 0.644. The minimum atomic E-state index is -0.318. The normalized spacial score (nSPS) is 21.7. The number of rotatable bonds is 1. The molecule has 0 spiro atoms. The highest BCUT2D eigenvalue weighted by atomic mass is 16.5. The van der Waals surface area contributed by atoms with Gasteiger partial charge in [0.25, 0.3) is 6.47 Å². The Morgan fingerprint density at radius 1 is 1.54 bits per heavy atom. The van der Waals surface area contributed by atoms with Crippen LogP contribution in [0.5, 0.6) is 0 Å². The molecule has 1 fully saturated rings. The van der Waals surface area contributed by atoms with E-state index in [4.69, 9.17) is 9.84 Å². The minimum Gasteiger partial charge on any atom is -0.462 e. The van der Waals surface area contributed by atoms with Crippen LogP contribution in [0.3, 0.4) is 0 Å². The number of hydrogen-bond acceptors (Lipinski definition) is 4. The molecule has 4 nitrogen and oxygen atoms in total. The molecular formula is C9H18O4. The first kappa shape index (κ1) is 12.4. The summed E-state index contributed by atoms with van der Waals surface area (Å²) in [5.41, 5.74) is -0.318. The summed E-state index contributed by atoms with van der Waals surface area (Å²) < 4.78 is 9.36. The molecule has 1 aliphatic rings. The fourth-order valence-corrected chi connectivity index (χ4v) is 0.666. The molecule has 0 radical (unpaired) electrons. The lowest BCUT2D eigenvalue weighted by molar-refractivity contribution is -0.138. The van der Waals surface area contributed by atoms with E-state index in [1.54, 1.807) is 0 Å². The standard InChI is InChI=1S/C5H10O2.C4H8O2/c1-5(2,3)7-4-6;5-4-1-2-6-3-4/h4H,1-3H3;4-5H,1-3H2. The van der Waals surface area contributed by atoms with E-state index in [0.29, 0.717) is 13.1 Å². The zero-order valence-electron chi connectivity index (χ0n) is 8.45. The second kappa shape index (κ2) is 5.94. The van der Waals surface area contributed by atoms with Crippen LogP contribution in [0.2, 0.25) is 0 Å². The first-order chi connectivity index (χ1) is 5.95. The smallest absolute Gasteiger partial charge is 0.293 e. The van der Waals surface area contributed by atoms with E-state index in [1.165, 1.54) is 0 Å². The van der Waals surface area contributed by atoms with Gasteiger partial charge in [0, 0.05) is 6.61 Å². The van der Waals surface area contributed by atoms with Crippen LogP contribution >= 0.6 is 0 Å². The van der Waals surface area contributed by atoms with Crippen LogP contribution in [0.4, 0.5) is 0 Å². The predicted molar refractivity (Wildman–Crippen MR) is 48.3 cm³/mol. The molecule has 0 aromatic rings. The summed E-state index contributed by atoms with van der Waals surface area (Å²) >= 11 is 0. The molecule has 1 saturated heterocycles. The maximum Gasteiger partial charge on any atom is 0.293 e. The number of carbonyl (C=O) groups excluding carboxylic acids is 1. The largest absolute Gasteiger partial charge is 0.462 e. The first-order valence-corrected chi connectivity index (χ1v) is 4.33. The third-order valence-corrected chi connectivity index (χ3v) is 1.31. The van der Waals surface area contributed by atoms with E-state index in [9.17, 15) is 4.79 Å². The molecule has 4 heteroatoms. The number of hydrogen-bond donors (Lipinski definition) is 1. The highest BCUT2D eigenvalue weighted by Gasteiger charge is 2.09. The van der Waals surface area contributed by atoms with Crippen molar-refractivity contribution in [1.82, 2.24) is 0 Å². The molecule has 0 aromatic carbocycles. The molecule has 1 unspecified atom stereocenters. The van der Waals surface area contributed by atoms with Gasteiger partial charge in [0.15, 0.2) is 0 Å². The van der Waals surface area contributed by atoms with Crippen molar-refractivity contribution in [2.24, 2.45) is 0 Å². The molecule has 78 valence electrons. The van der Waals surface area contributed by atoms with E-state index in [2.05, 4.69) is 4.74 Å². The van der Waals surface area contributed by atoms with Crippen LogP contribution in [0.15, 0.2) is 0 Å². The molecule has 1 atom stereocenters. The van der Waals surface area contributed by atoms with Gasteiger partial charge in [-0.05, 0) is 27.2 Å². The number of aliphatic hydroxyl groups excluding tert-OH is 1. The van der Waals surface area contributed by atoms with Crippen molar-refractivity contribution in [2.45, 2.75) is 38.9 Å². The Kier molecular flexibility index (Phi) is 5.66. The van der Waals surface area contributed by atoms with Crippen molar-refractivity contribution >= 4 is 6.47 Å². The van der Waals surface area contributed by atoms with Crippen LogP contribution in [0.25, 0.3) is 0 Å². The molecule has 0 aliphatic carbocycles. The quantitative estimate of drug-likeness (QED) is 0.619. The Hall–Kier alpha value is -0.610. The minimum absolute atomic E-state index is 0.176. The summed E-state index contributed by atoms with van der Waals surface area (Å²) in [6, 6.07) is 0. The average molecular weight is 190 g/mol. The van der Waals surface area contributed by atoms with Gasteiger partial charge < -0.3 is 14.6 Å². The summed E-state index contributed by atoms with van der Waals surface area (Å²) in [4.78, 5) is 9.60. The van der Waals surface area contributed by atoms with Gasteiger partial charge in [-0.1, -0.05) is 0 Å². The third-order valence-electron chi connectivity index (χ3n) is 1.31. The highest BCUT2D eigenvalue weighted by molar-refractivity contribution is 5.37. The van der Waals surface area contributed by atoms with Gasteiger partial charge in [-0.25, -0.2) is 0 Å². The maximum absolute atomic E-state index is 9.60. The molecule has 0 aromatic heterocycles. The lowest BCUT2D eigenvalue weighted by atomic mass is 10.2.